The number of nitrogens with zero attached hydrogens (tertiary/aromatic N) is 2. The molecule has 3 aromatic rings. The van der Waals surface area contributed by atoms with E-state index in [1.54, 1.807) is 23.1 Å². The second kappa shape index (κ2) is 12.1. The minimum atomic E-state index is -0.163. The maximum absolute atomic E-state index is 12.8. The van der Waals surface area contributed by atoms with Crippen LogP contribution in [0.15, 0.2) is 40.5 Å². The number of nitrogens with one attached hydrogen (secondary N) is 1. The second-order valence-corrected chi connectivity index (χ2v) is 12.5. The van der Waals surface area contributed by atoms with Crippen LogP contribution in [-0.4, -0.2) is 39.0 Å². The molecule has 1 N–H and O–H groups in total. The van der Waals surface area contributed by atoms with E-state index in [9.17, 15) is 4.79 Å². The topological polar surface area (TPSA) is 64.1 Å². The summed E-state index contributed by atoms with van der Waals surface area (Å²) in [5.41, 5.74) is 2.45. The predicted octanol–water partition coefficient (Wildman–Crippen LogP) is 6.66. The van der Waals surface area contributed by atoms with Crippen LogP contribution in [0.4, 0.5) is 0 Å². The number of thioether (sulfide) groups is 2. The lowest BCUT2D eigenvalue weighted by Crippen LogP contribution is -2.34. The van der Waals surface area contributed by atoms with Gasteiger partial charge in [0.1, 0.15) is 9.86 Å². The van der Waals surface area contributed by atoms with Gasteiger partial charge in [-0.1, -0.05) is 67.7 Å². The molecule has 0 bridgehead atoms. The Balaban J connectivity index is 1.47. The zero-order chi connectivity index (χ0) is 24.8. The van der Waals surface area contributed by atoms with Gasteiger partial charge in [0.05, 0.1) is 18.0 Å². The van der Waals surface area contributed by atoms with Gasteiger partial charge in [0.25, 0.3) is 0 Å². The van der Waals surface area contributed by atoms with Crippen LogP contribution in [0.2, 0.25) is 0 Å². The van der Waals surface area contributed by atoms with Gasteiger partial charge in [0, 0.05) is 28.5 Å². The Hall–Kier alpha value is -1.61. The Labute approximate surface area is 221 Å². The van der Waals surface area contributed by atoms with Gasteiger partial charge in [-0.3, -0.25) is 4.79 Å². The van der Waals surface area contributed by atoms with Crippen molar-refractivity contribution in [2.75, 3.05) is 11.5 Å². The highest BCUT2D eigenvalue weighted by Crippen LogP contribution is 2.43. The molecule has 35 heavy (non-hydrogen) atoms. The van der Waals surface area contributed by atoms with Crippen LogP contribution in [0.3, 0.4) is 0 Å². The van der Waals surface area contributed by atoms with Crippen LogP contribution in [0, 0.1) is 0 Å². The lowest BCUT2D eigenvalue weighted by molar-refractivity contribution is -0.119. The number of ether oxygens (including phenoxy) is 1. The van der Waals surface area contributed by atoms with Crippen molar-refractivity contribution >= 4 is 51.0 Å². The summed E-state index contributed by atoms with van der Waals surface area (Å²) < 4.78 is 6.19. The largest absolute Gasteiger partial charge is 0.369 e. The summed E-state index contributed by atoms with van der Waals surface area (Å²) in [6.45, 7) is 9.23. The van der Waals surface area contributed by atoms with E-state index in [2.05, 4.69) is 57.3 Å². The van der Waals surface area contributed by atoms with E-state index in [4.69, 9.17) is 14.7 Å². The Morgan fingerprint density at radius 2 is 2.03 bits per heavy atom. The van der Waals surface area contributed by atoms with Crippen molar-refractivity contribution in [3.63, 3.8) is 0 Å². The number of carbonyl (C=O) groups is 1. The maximum Gasteiger partial charge on any atom is 0.230 e. The molecular weight excluding hydrogens is 495 g/mol. The van der Waals surface area contributed by atoms with Crippen molar-refractivity contribution in [3.05, 3.63) is 46.3 Å². The molecule has 1 amide bonds. The van der Waals surface area contributed by atoms with Gasteiger partial charge in [-0.25, -0.2) is 9.97 Å². The van der Waals surface area contributed by atoms with Crippen LogP contribution in [-0.2, 0) is 29.0 Å². The summed E-state index contributed by atoms with van der Waals surface area (Å²) in [6, 6.07) is 10.5. The molecule has 1 aliphatic heterocycles. The average Bonchev–Trinajstić information content (AvgIpc) is 3.22. The highest BCUT2D eigenvalue weighted by molar-refractivity contribution is 8.00. The lowest BCUT2D eigenvalue weighted by atomic mass is 9.90. The van der Waals surface area contributed by atoms with Crippen molar-refractivity contribution in [2.24, 2.45) is 0 Å². The van der Waals surface area contributed by atoms with Crippen LogP contribution < -0.4 is 5.32 Å². The van der Waals surface area contributed by atoms with Crippen molar-refractivity contribution in [1.82, 2.24) is 15.3 Å². The van der Waals surface area contributed by atoms with E-state index in [0.29, 0.717) is 12.4 Å². The molecule has 4 rings (SSSR count). The highest BCUT2D eigenvalue weighted by atomic mass is 32.2. The van der Waals surface area contributed by atoms with E-state index in [1.165, 1.54) is 27.8 Å². The minimum absolute atomic E-state index is 0.0518. The normalized spacial score (nSPS) is 18.4. The third kappa shape index (κ3) is 6.79. The number of thiophene rings is 1. The molecule has 0 saturated heterocycles. The van der Waals surface area contributed by atoms with Crippen molar-refractivity contribution in [3.8, 4) is 0 Å². The first-order valence-electron chi connectivity index (χ1n) is 12.5. The van der Waals surface area contributed by atoms with Gasteiger partial charge in [-0.15, -0.1) is 11.3 Å². The fourth-order valence-electron chi connectivity index (χ4n) is 4.16. The number of rotatable bonds is 11. The standard InChI is InChI=1S/C27H35N3O2S3/c1-5-14-33-26-29-24(23-20-15-27(4,6-2)32-16-21(20)35-25(23)30-26)34-17-22(31)28-18(3)12-13-19-10-8-7-9-11-19/h7-11,18H,5-6,12-17H2,1-4H3,(H,28,31)/t18-,27+/m1/s1. The van der Waals surface area contributed by atoms with Gasteiger partial charge in [-0.2, -0.15) is 0 Å². The van der Waals surface area contributed by atoms with Gasteiger partial charge in [-0.05, 0) is 50.7 Å². The number of hydrogen-bond donors (Lipinski definition) is 1. The first-order valence-corrected chi connectivity index (χ1v) is 15.2. The monoisotopic (exact) mass is 529 g/mol. The molecule has 0 radical (unpaired) electrons. The number of aromatic nitrogens is 2. The summed E-state index contributed by atoms with van der Waals surface area (Å²) in [7, 11) is 0. The molecule has 2 atom stereocenters. The molecular formula is C27H35N3O2S3. The first kappa shape index (κ1) is 26.5. The fraction of sp³-hybridized carbons (Fsp3) is 0.519. The number of aryl methyl sites for hydroxylation is 1. The van der Waals surface area contributed by atoms with Crippen molar-refractivity contribution in [2.45, 2.75) is 88.2 Å². The molecule has 0 fully saturated rings. The Morgan fingerprint density at radius 3 is 2.77 bits per heavy atom. The third-order valence-corrected chi connectivity index (χ3v) is 9.55. The summed E-state index contributed by atoms with van der Waals surface area (Å²) in [5.74, 6) is 1.39. The Bertz CT molecular complexity index is 1150. The maximum atomic E-state index is 12.8. The lowest BCUT2D eigenvalue weighted by Gasteiger charge is -2.33. The molecule has 2 aromatic heterocycles. The zero-order valence-corrected chi connectivity index (χ0v) is 23.5. The number of fused-ring (bicyclic) bond motifs is 3. The number of amides is 1. The fourth-order valence-corrected chi connectivity index (χ4v) is 7.01. The second-order valence-electron chi connectivity index (χ2n) is 9.39. The molecule has 188 valence electrons. The van der Waals surface area contributed by atoms with E-state index in [0.717, 1.165) is 58.3 Å². The van der Waals surface area contributed by atoms with E-state index < -0.39 is 0 Å². The Kier molecular flexibility index (Phi) is 9.13. The van der Waals surface area contributed by atoms with E-state index in [-0.39, 0.29) is 17.6 Å². The quantitative estimate of drug-likeness (QED) is 0.170. The molecule has 1 aromatic carbocycles. The van der Waals surface area contributed by atoms with Crippen molar-refractivity contribution < 1.29 is 9.53 Å². The average molecular weight is 530 g/mol. The molecule has 3 heterocycles. The SMILES string of the molecule is CCCSc1nc(SCC(=O)N[C@H](C)CCc2ccccc2)c2c3c(sc2n1)CO[C@@](C)(CC)C3. The van der Waals surface area contributed by atoms with Crippen LogP contribution >= 0.6 is 34.9 Å². The van der Waals surface area contributed by atoms with E-state index >= 15 is 0 Å². The van der Waals surface area contributed by atoms with Crippen molar-refractivity contribution in [1.29, 1.82) is 0 Å². The molecule has 5 nitrogen and oxygen atoms in total. The molecule has 0 saturated carbocycles. The van der Waals surface area contributed by atoms with E-state index in [1.807, 2.05) is 6.07 Å². The van der Waals surface area contributed by atoms with Gasteiger partial charge >= 0.3 is 0 Å². The summed E-state index contributed by atoms with van der Waals surface area (Å²) in [5, 5.41) is 6.03. The molecule has 0 spiro atoms. The number of carbonyl (C=O) groups excluding carboxylic acids is 1. The zero-order valence-electron chi connectivity index (χ0n) is 21.1. The van der Waals surface area contributed by atoms with Crippen LogP contribution in [0.5, 0.6) is 0 Å². The minimum Gasteiger partial charge on any atom is -0.369 e. The summed E-state index contributed by atoms with van der Waals surface area (Å²) in [4.78, 5) is 24.9. The highest BCUT2D eigenvalue weighted by Gasteiger charge is 2.33. The molecule has 0 aliphatic carbocycles. The number of hydrogen-bond acceptors (Lipinski definition) is 7. The molecule has 8 heteroatoms. The van der Waals surface area contributed by atoms with Gasteiger partial charge < -0.3 is 10.1 Å². The van der Waals surface area contributed by atoms with Gasteiger partial charge in [0.15, 0.2) is 5.16 Å². The Morgan fingerprint density at radius 1 is 1.23 bits per heavy atom. The smallest absolute Gasteiger partial charge is 0.230 e. The predicted molar refractivity (Wildman–Crippen MR) is 149 cm³/mol. The van der Waals surface area contributed by atoms with Crippen LogP contribution in [0.1, 0.15) is 63.0 Å². The molecule has 1 aliphatic rings. The third-order valence-electron chi connectivity index (χ3n) is 6.42. The summed E-state index contributed by atoms with van der Waals surface area (Å²) in [6.07, 6.45) is 4.77. The number of benzene rings is 1. The van der Waals surface area contributed by atoms with Crippen LogP contribution in [0.25, 0.3) is 10.2 Å². The van der Waals surface area contributed by atoms with Gasteiger partial charge in [0.2, 0.25) is 5.91 Å². The molecule has 0 unspecified atom stereocenters. The summed E-state index contributed by atoms with van der Waals surface area (Å²) >= 11 is 4.94. The first-order chi connectivity index (χ1) is 16.9.